The van der Waals surface area contributed by atoms with Crippen LogP contribution in [0.25, 0.3) is 6.08 Å². The highest BCUT2D eigenvalue weighted by molar-refractivity contribution is 8.00. The van der Waals surface area contributed by atoms with E-state index in [1.54, 1.807) is 25.1 Å². The molecule has 1 aromatic carbocycles. The molecule has 1 aromatic rings. The van der Waals surface area contributed by atoms with Crippen LogP contribution in [-0.2, 0) is 4.79 Å². The molecule has 2 aliphatic rings. The van der Waals surface area contributed by atoms with Gasteiger partial charge in [-0.15, -0.1) is 11.8 Å². The Hall–Kier alpha value is -1.95. The average Bonchev–Trinajstić information content (AvgIpc) is 3.03. The second kappa shape index (κ2) is 7.52. The van der Waals surface area contributed by atoms with Crippen LogP contribution in [0.1, 0.15) is 18.4 Å². The van der Waals surface area contributed by atoms with Crippen LogP contribution >= 0.6 is 11.8 Å². The quantitative estimate of drug-likeness (QED) is 0.763. The summed E-state index contributed by atoms with van der Waals surface area (Å²) >= 11 is 1.87. The standard InChI is InChI=1S/C19H25N3O2S/c1-20(2)18(24)21-12-10-19(11-13-21)22(14-15-25-19)17(23)9-8-16-6-4-3-5-7-16/h3-9H,10-15H2,1-2H3. The molecule has 0 saturated carbocycles. The number of piperidine rings is 1. The third-order valence-electron chi connectivity index (χ3n) is 4.86. The lowest BCUT2D eigenvalue weighted by Gasteiger charge is -2.44. The number of thioether (sulfide) groups is 1. The summed E-state index contributed by atoms with van der Waals surface area (Å²) in [4.78, 5) is 30.2. The van der Waals surface area contributed by atoms with Crippen LogP contribution in [0.2, 0.25) is 0 Å². The predicted molar refractivity (Wildman–Crippen MR) is 102 cm³/mol. The fourth-order valence-electron chi connectivity index (χ4n) is 3.49. The molecule has 134 valence electrons. The van der Waals surface area contributed by atoms with Gasteiger partial charge in [0.05, 0.1) is 4.87 Å². The fourth-order valence-corrected chi connectivity index (χ4v) is 4.95. The summed E-state index contributed by atoms with van der Waals surface area (Å²) in [6, 6.07) is 9.94. The van der Waals surface area contributed by atoms with Gasteiger partial charge in [0, 0.05) is 45.6 Å². The maximum Gasteiger partial charge on any atom is 0.319 e. The molecule has 0 N–H and O–H groups in total. The molecule has 2 heterocycles. The Bertz CT molecular complexity index is 652. The first-order valence-electron chi connectivity index (χ1n) is 8.67. The second-order valence-electron chi connectivity index (χ2n) is 6.69. The molecule has 0 bridgehead atoms. The van der Waals surface area contributed by atoms with Crippen molar-refractivity contribution < 1.29 is 9.59 Å². The van der Waals surface area contributed by atoms with E-state index in [-0.39, 0.29) is 16.8 Å². The summed E-state index contributed by atoms with van der Waals surface area (Å²) in [5, 5.41) is 0. The maximum atomic E-state index is 12.8. The van der Waals surface area contributed by atoms with Crippen LogP contribution in [0.3, 0.4) is 0 Å². The van der Waals surface area contributed by atoms with Crippen molar-refractivity contribution in [1.82, 2.24) is 14.7 Å². The van der Waals surface area contributed by atoms with Gasteiger partial charge in [-0.05, 0) is 24.5 Å². The Balaban J connectivity index is 1.66. The summed E-state index contributed by atoms with van der Waals surface area (Å²) in [5.41, 5.74) is 1.03. The first-order valence-corrected chi connectivity index (χ1v) is 9.65. The molecule has 0 unspecified atom stereocenters. The number of amides is 3. The minimum absolute atomic E-state index is 0.0553. The molecule has 1 spiro atoms. The van der Waals surface area contributed by atoms with Crippen LogP contribution in [0, 0.1) is 0 Å². The third-order valence-corrected chi connectivity index (χ3v) is 6.41. The van der Waals surface area contributed by atoms with E-state index < -0.39 is 0 Å². The van der Waals surface area contributed by atoms with Crippen LogP contribution in [-0.4, -0.2) is 71.0 Å². The highest BCUT2D eigenvalue weighted by Crippen LogP contribution is 2.44. The van der Waals surface area contributed by atoms with Gasteiger partial charge in [-0.2, -0.15) is 0 Å². The minimum Gasteiger partial charge on any atom is -0.331 e. The first-order chi connectivity index (χ1) is 12.0. The zero-order valence-electron chi connectivity index (χ0n) is 14.9. The number of likely N-dealkylation sites (tertiary alicyclic amines) is 1. The van der Waals surface area contributed by atoms with E-state index in [0.29, 0.717) is 13.1 Å². The lowest BCUT2D eigenvalue weighted by molar-refractivity contribution is -0.129. The molecule has 0 aliphatic carbocycles. The molecule has 0 atom stereocenters. The van der Waals surface area contributed by atoms with E-state index in [1.807, 2.05) is 58.0 Å². The van der Waals surface area contributed by atoms with Crippen molar-refractivity contribution in [3.63, 3.8) is 0 Å². The minimum atomic E-state index is -0.152. The van der Waals surface area contributed by atoms with Crippen molar-refractivity contribution in [2.75, 3.05) is 39.5 Å². The average molecular weight is 359 g/mol. The zero-order valence-corrected chi connectivity index (χ0v) is 15.7. The number of carbonyl (C=O) groups is 2. The van der Waals surface area contributed by atoms with Crippen molar-refractivity contribution in [3.8, 4) is 0 Å². The van der Waals surface area contributed by atoms with Gasteiger partial charge in [0.1, 0.15) is 0 Å². The number of rotatable bonds is 2. The van der Waals surface area contributed by atoms with Gasteiger partial charge in [0.15, 0.2) is 0 Å². The summed E-state index contributed by atoms with van der Waals surface area (Å²) in [7, 11) is 3.56. The molecule has 2 saturated heterocycles. The summed E-state index contributed by atoms with van der Waals surface area (Å²) in [6.45, 7) is 2.19. The summed E-state index contributed by atoms with van der Waals surface area (Å²) < 4.78 is 0. The lowest BCUT2D eigenvalue weighted by Crippen LogP contribution is -2.54. The number of nitrogens with zero attached hydrogens (tertiary/aromatic N) is 3. The van der Waals surface area contributed by atoms with Crippen molar-refractivity contribution in [1.29, 1.82) is 0 Å². The molecular formula is C19H25N3O2S. The Labute approximate surface area is 153 Å². The SMILES string of the molecule is CN(C)C(=O)N1CCC2(CC1)SCCN2C(=O)C=Cc1ccccc1. The van der Waals surface area contributed by atoms with Crippen LogP contribution in [0.15, 0.2) is 36.4 Å². The van der Waals surface area contributed by atoms with E-state index in [4.69, 9.17) is 0 Å². The van der Waals surface area contributed by atoms with Gasteiger partial charge < -0.3 is 14.7 Å². The second-order valence-corrected chi connectivity index (χ2v) is 8.15. The molecule has 6 heteroatoms. The van der Waals surface area contributed by atoms with E-state index in [9.17, 15) is 9.59 Å². The third kappa shape index (κ3) is 3.84. The molecule has 0 aromatic heterocycles. The molecule has 25 heavy (non-hydrogen) atoms. The van der Waals surface area contributed by atoms with Crippen molar-refractivity contribution in [3.05, 3.63) is 42.0 Å². The predicted octanol–water partition coefficient (Wildman–Crippen LogP) is 2.75. The van der Waals surface area contributed by atoms with Crippen molar-refractivity contribution >= 4 is 29.8 Å². The number of hydrogen-bond acceptors (Lipinski definition) is 3. The van der Waals surface area contributed by atoms with Gasteiger partial charge in [-0.1, -0.05) is 30.3 Å². The zero-order chi connectivity index (χ0) is 17.9. The largest absolute Gasteiger partial charge is 0.331 e. The molecule has 3 rings (SSSR count). The van der Waals surface area contributed by atoms with Gasteiger partial charge >= 0.3 is 6.03 Å². The smallest absolute Gasteiger partial charge is 0.319 e. The van der Waals surface area contributed by atoms with Gasteiger partial charge in [-0.25, -0.2) is 4.79 Å². The maximum absolute atomic E-state index is 12.8. The highest BCUT2D eigenvalue weighted by atomic mass is 32.2. The summed E-state index contributed by atoms with van der Waals surface area (Å²) in [6.07, 6.45) is 5.23. The lowest BCUT2D eigenvalue weighted by atomic mass is 10.0. The Kier molecular flexibility index (Phi) is 5.37. The van der Waals surface area contributed by atoms with E-state index in [0.717, 1.165) is 30.7 Å². The normalized spacial score (nSPS) is 19.6. The molecule has 2 fully saturated rings. The molecule has 5 nitrogen and oxygen atoms in total. The van der Waals surface area contributed by atoms with Crippen molar-refractivity contribution in [2.24, 2.45) is 0 Å². The summed E-state index contributed by atoms with van der Waals surface area (Å²) in [5.74, 6) is 1.04. The fraction of sp³-hybridized carbons (Fsp3) is 0.474. The number of benzene rings is 1. The molecule has 3 amide bonds. The van der Waals surface area contributed by atoms with Gasteiger partial charge in [-0.3, -0.25) is 4.79 Å². The van der Waals surface area contributed by atoms with E-state index in [1.165, 1.54) is 0 Å². The van der Waals surface area contributed by atoms with Crippen LogP contribution < -0.4 is 0 Å². The van der Waals surface area contributed by atoms with Gasteiger partial charge in [0.25, 0.3) is 0 Å². The monoisotopic (exact) mass is 359 g/mol. The van der Waals surface area contributed by atoms with E-state index in [2.05, 4.69) is 0 Å². The van der Waals surface area contributed by atoms with E-state index >= 15 is 0 Å². The number of hydrogen-bond donors (Lipinski definition) is 0. The highest BCUT2D eigenvalue weighted by Gasteiger charge is 2.46. The Morgan fingerprint density at radius 1 is 1.12 bits per heavy atom. The first kappa shape index (κ1) is 17.9. The van der Waals surface area contributed by atoms with Crippen LogP contribution in [0.4, 0.5) is 4.79 Å². The molecule has 0 radical (unpaired) electrons. The Morgan fingerprint density at radius 3 is 2.44 bits per heavy atom. The molecule has 2 aliphatic heterocycles. The Morgan fingerprint density at radius 2 is 1.80 bits per heavy atom. The number of carbonyl (C=O) groups excluding carboxylic acids is 2. The number of urea groups is 1. The van der Waals surface area contributed by atoms with Gasteiger partial charge in [0.2, 0.25) is 5.91 Å². The molecular weight excluding hydrogens is 334 g/mol. The van der Waals surface area contributed by atoms with Crippen molar-refractivity contribution in [2.45, 2.75) is 17.7 Å². The topological polar surface area (TPSA) is 43.9 Å². The van der Waals surface area contributed by atoms with Crippen LogP contribution in [0.5, 0.6) is 0 Å².